The number of nitrogens with one attached hydrogen (secondary N) is 1. The number of rotatable bonds is 5. The molecule has 1 aromatic heterocycles. The van der Waals surface area contributed by atoms with Crippen molar-refractivity contribution in [2.24, 2.45) is 0 Å². The van der Waals surface area contributed by atoms with Crippen molar-refractivity contribution in [1.29, 1.82) is 0 Å². The van der Waals surface area contributed by atoms with Crippen LogP contribution in [0.2, 0.25) is 5.02 Å². The highest BCUT2D eigenvalue weighted by molar-refractivity contribution is 6.32. The monoisotopic (exact) mass is 265 g/mol. The summed E-state index contributed by atoms with van der Waals surface area (Å²) in [4.78, 5) is 4.31. The molecular formula is C13H16ClN3O. The Morgan fingerprint density at radius 3 is 3.00 bits per heavy atom. The summed E-state index contributed by atoms with van der Waals surface area (Å²) in [6.45, 7) is 3.73. The van der Waals surface area contributed by atoms with Crippen LogP contribution < -0.4 is 5.32 Å². The van der Waals surface area contributed by atoms with Gasteiger partial charge in [0.1, 0.15) is 11.6 Å². The van der Waals surface area contributed by atoms with Gasteiger partial charge < -0.3 is 15.0 Å². The number of phenols is 1. The maximum Gasteiger partial charge on any atom is 0.134 e. The summed E-state index contributed by atoms with van der Waals surface area (Å²) in [6, 6.07) is 5.06. The third kappa shape index (κ3) is 2.96. The summed E-state index contributed by atoms with van der Waals surface area (Å²) >= 11 is 5.84. The van der Waals surface area contributed by atoms with Crippen molar-refractivity contribution in [2.45, 2.75) is 26.4 Å². The summed E-state index contributed by atoms with van der Waals surface area (Å²) in [6.07, 6.45) is 4.86. The number of hydrogen-bond acceptors (Lipinski definition) is 3. The number of imidazole rings is 1. The largest absolute Gasteiger partial charge is 0.506 e. The van der Waals surface area contributed by atoms with Crippen LogP contribution in [0.4, 0.5) is 5.69 Å². The Morgan fingerprint density at radius 2 is 2.28 bits per heavy atom. The van der Waals surface area contributed by atoms with Crippen LogP contribution >= 0.6 is 11.6 Å². The van der Waals surface area contributed by atoms with Crippen molar-refractivity contribution in [3.63, 3.8) is 0 Å². The van der Waals surface area contributed by atoms with Crippen molar-refractivity contribution in [3.8, 4) is 5.75 Å². The van der Waals surface area contributed by atoms with E-state index in [1.807, 2.05) is 6.20 Å². The molecular weight excluding hydrogens is 250 g/mol. The molecule has 0 radical (unpaired) electrons. The molecule has 0 bridgehead atoms. The second-order valence-corrected chi connectivity index (χ2v) is 4.46. The van der Waals surface area contributed by atoms with E-state index in [0.29, 0.717) is 11.6 Å². The number of aromatic nitrogens is 2. The van der Waals surface area contributed by atoms with E-state index in [9.17, 15) is 5.11 Å². The van der Waals surface area contributed by atoms with Gasteiger partial charge in [0.25, 0.3) is 0 Å². The highest BCUT2D eigenvalue weighted by Crippen LogP contribution is 2.26. The molecule has 0 spiro atoms. The summed E-state index contributed by atoms with van der Waals surface area (Å²) in [5.41, 5.74) is 0.865. The fourth-order valence-corrected chi connectivity index (χ4v) is 1.93. The van der Waals surface area contributed by atoms with Gasteiger partial charge in [-0.1, -0.05) is 18.5 Å². The molecule has 0 unspecified atom stereocenters. The van der Waals surface area contributed by atoms with Crippen LogP contribution in [-0.4, -0.2) is 14.7 Å². The number of aryl methyl sites for hydroxylation is 1. The quantitative estimate of drug-likeness (QED) is 0.816. The molecule has 0 saturated carbocycles. The van der Waals surface area contributed by atoms with Crippen molar-refractivity contribution in [1.82, 2.24) is 9.55 Å². The second kappa shape index (κ2) is 5.78. The molecule has 1 aromatic carbocycles. The first-order valence-electron chi connectivity index (χ1n) is 5.93. The third-order valence-corrected chi connectivity index (χ3v) is 2.97. The first-order chi connectivity index (χ1) is 8.70. The van der Waals surface area contributed by atoms with E-state index < -0.39 is 0 Å². The Hall–Kier alpha value is -1.68. The van der Waals surface area contributed by atoms with Crippen LogP contribution in [0.15, 0.2) is 30.6 Å². The first-order valence-corrected chi connectivity index (χ1v) is 6.31. The molecule has 1 heterocycles. The fraction of sp³-hybridized carbons (Fsp3) is 0.308. The molecule has 0 saturated heterocycles. The predicted octanol–water partition coefficient (Wildman–Crippen LogP) is 3.26. The number of aromatic hydroxyl groups is 1. The molecule has 2 N–H and O–H groups in total. The van der Waals surface area contributed by atoms with E-state index in [4.69, 9.17) is 11.6 Å². The average molecular weight is 266 g/mol. The van der Waals surface area contributed by atoms with Crippen molar-refractivity contribution < 1.29 is 5.11 Å². The maximum atomic E-state index is 9.33. The average Bonchev–Trinajstić information content (AvgIpc) is 2.79. The zero-order valence-electron chi connectivity index (χ0n) is 10.2. The second-order valence-electron chi connectivity index (χ2n) is 4.06. The van der Waals surface area contributed by atoms with Crippen LogP contribution in [0, 0.1) is 0 Å². The lowest BCUT2D eigenvalue weighted by Gasteiger charge is -2.09. The number of phenolic OH excluding ortho intramolecular Hbond substituents is 1. The van der Waals surface area contributed by atoms with Gasteiger partial charge >= 0.3 is 0 Å². The van der Waals surface area contributed by atoms with Gasteiger partial charge in [-0.15, -0.1) is 0 Å². The van der Waals surface area contributed by atoms with Gasteiger partial charge in [-0.05, 0) is 24.6 Å². The van der Waals surface area contributed by atoms with Gasteiger partial charge in [0, 0.05) is 24.6 Å². The van der Waals surface area contributed by atoms with E-state index in [2.05, 4.69) is 21.8 Å². The van der Waals surface area contributed by atoms with Crippen LogP contribution in [0.5, 0.6) is 5.75 Å². The lowest BCUT2D eigenvalue weighted by atomic mass is 10.3. The van der Waals surface area contributed by atoms with Gasteiger partial charge in [-0.25, -0.2) is 4.98 Å². The van der Waals surface area contributed by atoms with Crippen LogP contribution in [0.25, 0.3) is 0 Å². The molecule has 0 atom stereocenters. The zero-order chi connectivity index (χ0) is 13.0. The lowest BCUT2D eigenvalue weighted by Crippen LogP contribution is -2.08. The molecule has 4 nitrogen and oxygen atoms in total. The number of halogens is 1. The minimum atomic E-state index is 0.0923. The van der Waals surface area contributed by atoms with Crippen LogP contribution in [-0.2, 0) is 13.1 Å². The van der Waals surface area contributed by atoms with E-state index in [-0.39, 0.29) is 5.75 Å². The van der Waals surface area contributed by atoms with Crippen molar-refractivity contribution >= 4 is 17.3 Å². The lowest BCUT2D eigenvalue weighted by molar-refractivity contribution is 0.475. The molecule has 0 aliphatic heterocycles. The third-order valence-electron chi connectivity index (χ3n) is 2.66. The number of anilines is 1. The fourth-order valence-electron chi connectivity index (χ4n) is 1.75. The van der Waals surface area contributed by atoms with Gasteiger partial charge in [0.05, 0.1) is 11.6 Å². The number of hydrogen-bond donors (Lipinski definition) is 2. The Morgan fingerprint density at radius 1 is 1.44 bits per heavy atom. The summed E-state index contributed by atoms with van der Waals surface area (Å²) in [7, 11) is 0. The van der Waals surface area contributed by atoms with E-state index >= 15 is 0 Å². The zero-order valence-corrected chi connectivity index (χ0v) is 11.0. The Balaban J connectivity index is 2.02. The smallest absolute Gasteiger partial charge is 0.134 e. The van der Waals surface area contributed by atoms with Gasteiger partial charge in [0.15, 0.2) is 0 Å². The normalized spacial score (nSPS) is 10.6. The van der Waals surface area contributed by atoms with Gasteiger partial charge in [0.2, 0.25) is 0 Å². The Labute approximate surface area is 111 Å². The van der Waals surface area contributed by atoms with Crippen molar-refractivity contribution in [2.75, 3.05) is 5.32 Å². The molecule has 0 fully saturated rings. The maximum absolute atomic E-state index is 9.33. The Bertz CT molecular complexity index is 525. The molecule has 0 aliphatic carbocycles. The van der Waals surface area contributed by atoms with E-state index in [1.165, 1.54) is 0 Å². The minimum Gasteiger partial charge on any atom is -0.506 e. The highest BCUT2D eigenvalue weighted by atomic mass is 35.5. The molecule has 0 aliphatic rings. The van der Waals surface area contributed by atoms with Gasteiger partial charge in [-0.2, -0.15) is 0 Å². The highest BCUT2D eigenvalue weighted by Gasteiger charge is 2.03. The molecule has 0 amide bonds. The summed E-state index contributed by atoms with van der Waals surface area (Å²) in [5, 5.41) is 12.9. The SMILES string of the molecule is CCCn1ccnc1CNc1ccc(O)c(Cl)c1. The summed E-state index contributed by atoms with van der Waals surface area (Å²) in [5.74, 6) is 1.08. The van der Waals surface area contributed by atoms with Crippen LogP contribution in [0.1, 0.15) is 19.2 Å². The number of nitrogens with zero attached hydrogens (tertiary/aromatic N) is 2. The molecule has 2 rings (SSSR count). The molecule has 18 heavy (non-hydrogen) atoms. The minimum absolute atomic E-state index is 0.0923. The van der Waals surface area contributed by atoms with E-state index in [0.717, 1.165) is 24.5 Å². The van der Waals surface area contributed by atoms with Gasteiger partial charge in [-0.3, -0.25) is 0 Å². The number of benzene rings is 1. The topological polar surface area (TPSA) is 50.1 Å². The molecule has 96 valence electrons. The molecule has 2 aromatic rings. The van der Waals surface area contributed by atoms with Crippen molar-refractivity contribution in [3.05, 3.63) is 41.4 Å². The first kappa shape index (κ1) is 12.8. The molecule has 5 heteroatoms. The summed E-state index contributed by atoms with van der Waals surface area (Å²) < 4.78 is 2.12. The predicted molar refractivity (Wildman–Crippen MR) is 73.0 cm³/mol. The van der Waals surface area contributed by atoms with E-state index in [1.54, 1.807) is 24.4 Å². The van der Waals surface area contributed by atoms with Crippen LogP contribution in [0.3, 0.4) is 0 Å². The standard InChI is InChI=1S/C13H16ClN3O/c1-2-6-17-7-5-15-13(17)9-16-10-3-4-12(18)11(14)8-10/h3-5,7-8,16,18H,2,6,9H2,1H3. The Kier molecular flexibility index (Phi) is 4.10.